The fourth-order valence-corrected chi connectivity index (χ4v) is 2.92. The highest BCUT2D eigenvalue weighted by Gasteiger charge is 2.15. The molecule has 19 heavy (non-hydrogen) atoms. The lowest BCUT2D eigenvalue weighted by Crippen LogP contribution is -2.32. The Hall–Kier alpha value is -0.910. The zero-order chi connectivity index (χ0) is 14.3. The van der Waals surface area contributed by atoms with E-state index in [4.69, 9.17) is 0 Å². The SMILES string of the molecule is CCCc1ccc(S(=O)(=O)NCC(O)CCC)cc1. The van der Waals surface area contributed by atoms with Crippen LogP contribution in [0.2, 0.25) is 0 Å². The predicted molar refractivity (Wildman–Crippen MR) is 76.5 cm³/mol. The Bertz CT molecular complexity index is 468. The molecular weight excluding hydrogens is 262 g/mol. The third kappa shape index (κ3) is 5.30. The average molecular weight is 285 g/mol. The number of sulfonamides is 1. The normalized spacial score (nSPS) is 13.4. The summed E-state index contributed by atoms with van der Waals surface area (Å²) in [5.74, 6) is 0. The molecule has 1 aromatic rings. The fraction of sp³-hybridized carbons (Fsp3) is 0.571. The van der Waals surface area contributed by atoms with Crippen LogP contribution in [0.15, 0.2) is 29.2 Å². The first-order valence-electron chi connectivity index (χ1n) is 6.76. The van der Waals surface area contributed by atoms with Crippen molar-refractivity contribution in [1.82, 2.24) is 4.72 Å². The topological polar surface area (TPSA) is 66.4 Å². The van der Waals surface area contributed by atoms with E-state index in [9.17, 15) is 13.5 Å². The van der Waals surface area contributed by atoms with Gasteiger partial charge in [0.25, 0.3) is 0 Å². The van der Waals surface area contributed by atoms with Gasteiger partial charge in [-0.25, -0.2) is 13.1 Å². The van der Waals surface area contributed by atoms with E-state index in [1.54, 1.807) is 12.1 Å². The Morgan fingerprint density at radius 2 is 1.79 bits per heavy atom. The molecule has 0 spiro atoms. The summed E-state index contributed by atoms with van der Waals surface area (Å²) in [6.07, 6.45) is 2.78. The summed E-state index contributed by atoms with van der Waals surface area (Å²) in [6, 6.07) is 6.89. The molecule has 2 N–H and O–H groups in total. The lowest BCUT2D eigenvalue weighted by atomic mass is 10.1. The van der Waals surface area contributed by atoms with Crippen molar-refractivity contribution in [2.24, 2.45) is 0 Å². The molecule has 0 aromatic heterocycles. The van der Waals surface area contributed by atoms with Gasteiger partial charge in [-0.1, -0.05) is 38.8 Å². The molecule has 0 radical (unpaired) electrons. The van der Waals surface area contributed by atoms with Gasteiger partial charge in [0.05, 0.1) is 11.0 Å². The van der Waals surface area contributed by atoms with Gasteiger partial charge in [0.2, 0.25) is 10.0 Å². The standard InChI is InChI=1S/C14H23NO3S/c1-3-5-12-7-9-14(10-8-12)19(17,18)15-11-13(16)6-4-2/h7-10,13,15-16H,3-6,11H2,1-2H3. The van der Waals surface area contributed by atoms with Gasteiger partial charge in [-0.2, -0.15) is 0 Å². The molecule has 0 saturated carbocycles. The molecule has 1 rings (SSSR count). The first-order chi connectivity index (χ1) is 8.99. The van der Waals surface area contributed by atoms with Crippen LogP contribution in [0.4, 0.5) is 0 Å². The second-order valence-corrected chi connectivity index (χ2v) is 6.46. The number of benzene rings is 1. The minimum absolute atomic E-state index is 0.0624. The number of aliphatic hydroxyl groups is 1. The van der Waals surface area contributed by atoms with Crippen molar-refractivity contribution in [3.63, 3.8) is 0 Å². The number of aliphatic hydroxyl groups excluding tert-OH is 1. The zero-order valence-electron chi connectivity index (χ0n) is 11.6. The van der Waals surface area contributed by atoms with E-state index >= 15 is 0 Å². The number of aryl methyl sites for hydroxylation is 1. The fourth-order valence-electron chi connectivity index (χ4n) is 1.85. The summed E-state index contributed by atoms with van der Waals surface area (Å²) in [6.45, 7) is 4.10. The van der Waals surface area contributed by atoms with Gasteiger partial charge in [0.1, 0.15) is 0 Å². The maximum absolute atomic E-state index is 12.0. The molecule has 0 saturated heterocycles. The third-order valence-corrected chi connectivity index (χ3v) is 4.34. The van der Waals surface area contributed by atoms with Crippen LogP contribution >= 0.6 is 0 Å². The van der Waals surface area contributed by atoms with Crippen LogP contribution in [-0.2, 0) is 16.4 Å². The maximum atomic E-state index is 12.0. The second-order valence-electron chi connectivity index (χ2n) is 4.69. The van der Waals surface area contributed by atoms with Crippen molar-refractivity contribution in [3.8, 4) is 0 Å². The van der Waals surface area contributed by atoms with Gasteiger partial charge < -0.3 is 5.11 Å². The zero-order valence-corrected chi connectivity index (χ0v) is 12.4. The first-order valence-corrected chi connectivity index (χ1v) is 8.24. The minimum Gasteiger partial charge on any atom is -0.392 e. The summed E-state index contributed by atoms with van der Waals surface area (Å²) in [5.41, 5.74) is 1.13. The van der Waals surface area contributed by atoms with Gasteiger partial charge >= 0.3 is 0 Å². The van der Waals surface area contributed by atoms with Gasteiger partial charge in [0, 0.05) is 6.54 Å². The van der Waals surface area contributed by atoms with Crippen molar-refractivity contribution >= 4 is 10.0 Å². The number of nitrogens with one attached hydrogen (secondary N) is 1. The molecule has 0 heterocycles. The molecule has 0 bridgehead atoms. The maximum Gasteiger partial charge on any atom is 0.240 e. The van der Waals surface area contributed by atoms with Crippen LogP contribution in [0.3, 0.4) is 0 Å². The molecule has 0 aliphatic heterocycles. The third-order valence-electron chi connectivity index (χ3n) is 2.90. The van der Waals surface area contributed by atoms with Crippen LogP contribution in [0.25, 0.3) is 0 Å². The number of hydrogen-bond donors (Lipinski definition) is 2. The Kier molecular flexibility index (Phi) is 6.48. The molecule has 0 aliphatic rings. The number of rotatable bonds is 8. The summed E-state index contributed by atoms with van der Waals surface area (Å²) >= 11 is 0. The van der Waals surface area contributed by atoms with Crippen LogP contribution in [-0.4, -0.2) is 26.2 Å². The molecule has 4 nitrogen and oxygen atoms in total. The Labute approximate surface area is 115 Å². The highest BCUT2D eigenvalue weighted by Crippen LogP contribution is 2.12. The lowest BCUT2D eigenvalue weighted by molar-refractivity contribution is 0.167. The molecule has 0 aliphatic carbocycles. The molecule has 1 unspecified atom stereocenters. The van der Waals surface area contributed by atoms with Crippen LogP contribution in [0.5, 0.6) is 0 Å². The lowest BCUT2D eigenvalue weighted by Gasteiger charge is -2.11. The highest BCUT2D eigenvalue weighted by molar-refractivity contribution is 7.89. The van der Waals surface area contributed by atoms with E-state index in [0.717, 1.165) is 24.8 Å². The quantitative estimate of drug-likeness (QED) is 0.768. The summed E-state index contributed by atoms with van der Waals surface area (Å²) in [4.78, 5) is 0.246. The highest BCUT2D eigenvalue weighted by atomic mass is 32.2. The van der Waals surface area contributed by atoms with Gasteiger partial charge in [-0.05, 0) is 30.5 Å². The molecule has 5 heteroatoms. The summed E-state index contributed by atoms with van der Waals surface area (Å²) in [5, 5.41) is 9.55. The van der Waals surface area contributed by atoms with Gasteiger partial charge in [0.15, 0.2) is 0 Å². The Morgan fingerprint density at radius 3 is 2.32 bits per heavy atom. The van der Waals surface area contributed by atoms with Gasteiger partial charge in [-0.3, -0.25) is 0 Å². The molecular formula is C14H23NO3S. The smallest absolute Gasteiger partial charge is 0.240 e. The van der Waals surface area contributed by atoms with E-state index in [1.165, 1.54) is 0 Å². The largest absolute Gasteiger partial charge is 0.392 e. The van der Waals surface area contributed by atoms with E-state index in [0.29, 0.717) is 6.42 Å². The summed E-state index contributed by atoms with van der Waals surface area (Å²) < 4.78 is 26.4. The van der Waals surface area contributed by atoms with E-state index < -0.39 is 16.1 Å². The van der Waals surface area contributed by atoms with Crippen molar-refractivity contribution in [2.75, 3.05) is 6.54 Å². The molecule has 0 fully saturated rings. The van der Waals surface area contributed by atoms with Crippen molar-refractivity contribution in [1.29, 1.82) is 0 Å². The van der Waals surface area contributed by atoms with Crippen molar-refractivity contribution in [3.05, 3.63) is 29.8 Å². The monoisotopic (exact) mass is 285 g/mol. The van der Waals surface area contributed by atoms with Crippen LogP contribution in [0, 0.1) is 0 Å². The van der Waals surface area contributed by atoms with Gasteiger partial charge in [-0.15, -0.1) is 0 Å². The summed E-state index contributed by atoms with van der Waals surface area (Å²) in [7, 11) is -3.52. The average Bonchev–Trinajstić information content (AvgIpc) is 2.38. The molecule has 1 atom stereocenters. The van der Waals surface area contributed by atoms with Crippen molar-refractivity contribution < 1.29 is 13.5 Å². The first kappa shape index (κ1) is 16.1. The molecule has 108 valence electrons. The predicted octanol–water partition coefficient (Wildman–Crippen LogP) is 2.08. The van der Waals surface area contributed by atoms with Crippen molar-refractivity contribution in [2.45, 2.75) is 50.5 Å². The van der Waals surface area contributed by atoms with E-state index in [2.05, 4.69) is 11.6 Å². The van der Waals surface area contributed by atoms with Crippen LogP contribution in [0.1, 0.15) is 38.7 Å². The Balaban J connectivity index is 2.66. The Morgan fingerprint density at radius 1 is 1.16 bits per heavy atom. The van der Waals surface area contributed by atoms with Crippen LogP contribution < -0.4 is 4.72 Å². The minimum atomic E-state index is -3.52. The van der Waals surface area contributed by atoms with E-state index in [-0.39, 0.29) is 11.4 Å². The second kappa shape index (κ2) is 7.62. The molecule has 1 aromatic carbocycles. The number of hydrogen-bond acceptors (Lipinski definition) is 3. The van der Waals surface area contributed by atoms with E-state index in [1.807, 2.05) is 19.1 Å². The molecule has 0 amide bonds.